The maximum Gasteiger partial charge on any atom is 0.0591 e. The second-order valence-corrected chi connectivity index (χ2v) is 2.95. The lowest BCUT2D eigenvalue weighted by molar-refractivity contribution is 0.124. The molecule has 1 fully saturated rings. The molecule has 0 aromatic rings. The van der Waals surface area contributed by atoms with Crippen LogP contribution >= 0.6 is 0 Å². The molecule has 0 aromatic heterocycles. The van der Waals surface area contributed by atoms with Gasteiger partial charge in [0, 0.05) is 13.1 Å². The minimum Gasteiger partial charge on any atom is -0.380 e. The van der Waals surface area contributed by atoms with Crippen LogP contribution in [0.2, 0.25) is 0 Å². The van der Waals surface area contributed by atoms with Crippen LogP contribution < -0.4 is 5.32 Å². The zero-order valence-corrected chi connectivity index (χ0v) is 7.18. The van der Waals surface area contributed by atoms with Gasteiger partial charge in [-0.2, -0.15) is 0 Å². The van der Waals surface area contributed by atoms with E-state index in [1.807, 2.05) is 0 Å². The summed E-state index contributed by atoms with van der Waals surface area (Å²) >= 11 is 0. The number of ether oxygens (including phenoxy) is 1. The summed E-state index contributed by atoms with van der Waals surface area (Å²) in [5.41, 5.74) is 0. The number of nitrogens with one attached hydrogen (secondary N) is 1. The zero-order valence-electron chi connectivity index (χ0n) is 7.18. The molecule has 2 nitrogen and oxygen atoms in total. The van der Waals surface area contributed by atoms with Gasteiger partial charge in [0.05, 0.1) is 13.2 Å². The fraction of sp³-hybridized carbons (Fsp3) is 0.778. The Bertz CT molecular complexity index is 115. The molecule has 0 amide bonds. The van der Waals surface area contributed by atoms with Gasteiger partial charge in [0.2, 0.25) is 0 Å². The molecule has 1 aliphatic rings. The Morgan fingerprint density at radius 2 is 2.55 bits per heavy atom. The van der Waals surface area contributed by atoms with Gasteiger partial charge >= 0.3 is 0 Å². The Balaban J connectivity index is 2.19. The van der Waals surface area contributed by atoms with Crippen molar-refractivity contribution >= 4 is 0 Å². The molecule has 0 spiro atoms. The maximum absolute atomic E-state index is 5.41. The van der Waals surface area contributed by atoms with Gasteiger partial charge in [-0.1, -0.05) is 12.2 Å². The van der Waals surface area contributed by atoms with Crippen molar-refractivity contribution in [2.24, 2.45) is 5.92 Å². The second-order valence-electron chi connectivity index (χ2n) is 2.95. The molecule has 0 aromatic carbocycles. The number of allylic oxidation sites excluding steroid dienone is 2. The molecule has 64 valence electrons. The van der Waals surface area contributed by atoms with Crippen molar-refractivity contribution in [3.63, 3.8) is 0 Å². The summed E-state index contributed by atoms with van der Waals surface area (Å²) in [6, 6.07) is 0. The van der Waals surface area contributed by atoms with Gasteiger partial charge in [-0.05, 0) is 19.3 Å². The Kier molecular flexibility index (Phi) is 4.24. The van der Waals surface area contributed by atoms with E-state index in [4.69, 9.17) is 4.74 Å². The van der Waals surface area contributed by atoms with Crippen LogP contribution in [0.5, 0.6) is 0 Å². The van der Waals surface area contributed by atoms with Crippen molar-refractivity contribution in [2.45, 2.75) is 13.3 Å². The summed E-state index contributed by atoms with van der Waals surface area (Å²) in [5.74, 6) is 0.675. The average molecular weight is 155 g/mol. The maximum atomic E-state index is 5.41. The van der Waals surface area contributed by atoms with E-state index in [9.17, 15) is 0 Å². The molecule has 11 heavy (non-hydrogen) atoms. The van der Waals surface area contributed by atoms with Crippen molar-refractivity contribution < 1.29 is 4.74 Å². The third-order valence-electron chi connectivity index (χ3n) is 1.91. The van der Waals surface area contributed by atoms with E-state index < -0.39 is 0 Å². The monoisotopic (exact) mass is 155 g/mol. The van der Waals surface area contributed by atoms with Crippen molar-refractivity contribution in [3.8, 4) is 0 Å². The van der Waals surface area contributed by atoms with Gasteiger partial charge < -0.3 is 10.1 Å². The molecule has 1 aliphatic heterocycles. The number of hydrogen-bond acceptors (Lipinski definition) is 2. The predicted octanol–water partition coefficient (Wildman–Crippen LogP) is 1.19. The normalized spacial score (nSPS) is 27.2. The van der Waals surface area contributed by atoms with E-state index >= 15 is 0 Å². The lowest BCUT2D eigenvalue weighted by Crippen LogP contribution is -2.22. The third-order valence-corrected chi connectivity index (χ3v) is 1.91. The van der Waals surface area contributed by atoms with E-state index in [0.717, 1.165) is 32.7 Å². The molecule has 0 radical (unpaired) electrons. The van der Waals surface area contributed by atoms with E-state index in [1.165, 1.54) is 0 Å². The first-order valence-corrected chi connectivity index (χ1v) is 4.33. The third kappa shape index (κ3) is 3.54. The van der Waals surface area contributed by atoms with Crippen molar-refractivity contribution in [1.29, 1.82) is 0 Å². The Morgan fingerprint density at radius 1 is 1.64 bits per heavy atom. The standard InChI is InChI=1S/C9H17NO/c1-2-3-4-9-7-10-5-6-11-8-9/h2-3,9-10H,4-8H2,1H3. The molecule has 0 saturated carbocycles. The van der Waals surface area contributed by atoms with Crippen molar-refractivity contribution in [1.82, 2.24) is 5.32 Å². The summed E-state index contributed by atoms with van der Waals surface area (Å²) < 4.78 is 5.41. The average Bonchev–Trinajstić information content (AvgIpc) is 2.28. The Morgan fingerprint density at radius 3 is 3.36 bits per heavy atom. The van der Waals surface area contributed by atoms with Gasteiger partial charge in [-0.25, -0.2) is 0 Å². The first-order chi connectivity index (χ1) is 5.43. The van der Waals surface area contributed by atoms with Crippen molar-refractivity contribution in [2.75, 3.05) is 26.3 Å². The molecule has 1 unspecified atom stereocenters. The van der Waals surface area contributed by atoms with Crippen LogP contribution in [-0.4, -0.2) is 26.3 Å². The quantitative estimate of drug-likeness (QED) is 0.605. The zero-order chi connectivity index (χ0) is 7.94. The lowest BCUT2D eigenvalue weighted by atomic mass is 10.1. The van der Waals surface area contributed by atoms with Gasteiger partial charge in [0.15, 0.2) is 0 Å². The summed E-state index contributed by atoms with van der Waals surface area (Å²) in [6.45, 7) is 5.95. The minimum absolute atomic E-state index is 0.675. The lowest BCUT2D eigenvalue weighted by Gasteiger charge is -2.09. The molecular weight excluding hydrogens is 138 g/mol. The highest BCUT2D eigenvalue weighted by Gasteiger charge is 2.09. The Hall–Kier alpha value is -0.340. The van der Waals surface area contributed by atoms with Crippen LogP contribution in [0.15, 0.2) is 12.2 Å². The van der Waals surface area contributed by atoms with E-state index in [0.29, 0.717) is 5.92 Å². The van der Waals surface area contributed by atoms with Crippen molar-refractivity contribution in [3.05, 3.63) is 12.2 Å². The second kappa shape index (κ2) is 5.33. The molecule has 1 rings (SSSR count). The first-order valence-electron chi connectivity index (χ1n) is 4.33. The summed E-state index contributed by atoms with van der Waals surface area (Å²) in [6.07, 6.45) is 5.45. The number of hydrogen-bond donors (Lipinski definition) is 1. The van der Waals surface area contributed by atoms with Gasteiger partial charge in [0.1, 0.15) is 0 Å². The number of rotatable bonds is 2. The molecular formula is C9H17NO. The molecule has 1 atom stereocenters. The Labute approximate surface area is 68.6 Å². The summed E-state index contributed by atoms with van der Waals surface area (Å²) in [4.78, 5) is 0. The van der Waals surface area contributed by atoms with E-state index in [-0.39, 0.29) is 0 Å². The van der Waals surface area contributed by atoms with Gasteiger partial charge in [-0.15, -0.1) is 0 Å². The molecule has 1 N–H and O–H groups in total. The van der Waals surface area contributed by atoms with Crippen LogP contribution in [-0.2, 0) is 4.74 Å². The minimum atomic E-state index is 0.675. The van der Waals surface area contributed by atoms with Crippen LogP contribution in [0.3, 0.4) is 0 Å². The summed E-state index contributed by atoms with van der Waals surface area (Å²) in [7, 11) is 0. The molecule has 0 aliphatic carbocycles. The highest BCUT2D eigenvalue weighted by Crippen LogP contribution is 2.05. The van der Waals surface area contributed by atoms with Crippen LogP contribution in [0.25, 0.3) is 0 Å². The topological polar surface area (TPSA) is 21.3 Å². The SMILES string of the molecule is CC=CCC1CNCCOC1. The van der Waals surface area contributed by atoms with Crippen LogP contribution in [0.4, 0.5) is 0 Å². The largest absolute Gasteiger partial charge is 0.380 e. The molecule has 1 heterocycles. The van der Waals surface area contributed by atoms with E-state index in [2.05, 4.69) is 24.4 Å². The molecule has 1 saturated heterocycles. The van der Waals surface area contributed by atoms with Crippen LogP contribution in [0.1, 0.15) is 13.3 Å². The first kappa shape index (κ1) is 8.75. The summed E-state index contributed by atoms with van der Waals surface area (Å²) in [5, 5.41) is 3.35. The van der Waals surface area contributed by atoms with Crippen LogP contribution in [0, 0.1) is 5.92 Å². The highest BCUT2D eigenvalue weighted by atomic mass is 16.5. The predicted molar refractivity (Wildman–Crippen MR) is 46.6 cm³/mol. The highest BCUT2D eigenvalue weighted by molar-refractivity contribution is 4.81. The fourth-order valence-electron chi connectivity index (χ4n) is 1.24. The molecule has 2 heteroatoms. The van der Waals surface area contributed by atoms with E-state index in [1.54, 1.807) is 0 Å². The van der Waals surface area contributed by atoms with Gasteiger partial charge in [-0.3, -0.25) is 0 Å². The molecule has 0 bridgehead atoms. The van der Waals surface area contributed by atoms with Gasteiger partial charge in [0.25, 0.3) is 0 Å². The smallest absolute Gasteiger partial charge is 0.0591 e. The fourth-order valence-corrected chi connectivity index (χ4v) is 1.24.